The summed E-state index contributed by atoms with van der Waals surface area (Å²) in [6, 6.07) is 13.9. The van der Waals surface area contributed by atoms with Gasteiger partial charge in [0.15, 0.2) is 4.33 Å². The molecule has 0 aromatic heterocycles. The first kappa shape index (κ1) is 13.7. The summed E-state index contributed by atoms with van der Waals surface area (Å²) >= 11 is 13.4. The average Bonchev–Trinajstić information content (AvgIpc) is 2.82. The van der Waals surface area contributed by atoms with Gasteiger partial charge in [0.05, 0.1) is 0 Å². The molecular formula is C18H15Cl2. The molecule has 0 aliphatic heterocycles. The maximum atomic E-state index is 6.69. The number of fused-ring (bicyclic) bond motifs is 1. The van der Waals surface area contributed by atoms with Gasteiger partial charge in [-0.3, -0.25) is 0 Å². The molecule has 0 bridgehead atoms. The van der Waals surface area contributed by atoms with E-state index in [1.165, 1.54) is 16.7 Å². The van der Waals surface area contributed by atoms with Crippen molar-refractivity contribution in [2.45, 2.75) is 18.2 Å². The molecule has 2 heteroatoms. The molecule has 2 aromatic carbocycles. The predicted octanol–water partition coefficient (Wildman–Crippen LogP) is 5.64. The molecule has 20 heavy (non-hydrogen) atoms. The molecule has 0 fully saturated rings. The molecule has 0 heterocycles. The van der Waals surface area contributed by atoms with Gasteiger partial charge >= 0.3 is 0 Å². The van der Waals surface area contributed by atoms with E-state index in [0.29, 0.717) is 0 Å². The van der Waals surface area contributed by atoms with E-state index in [9.17, 15) is 0 Å². The summed E-state index contributed by atoms with van der Waals surface area (Å²) in [4.78, 5) is 0. The van der Waals surface area contributed by atoms with E-state index in [1.807, 2.05) is 36.4 Å². The lowest BCUT2D eigenvalue weighted by molar-refractivity contribution is 1.03. The van der Waals surface area contributed by atoms with Crippen LogP contribution in [0.15, 0.2) is 48.0 Å². The van der Waals surface area contributed by atoms with Gasteiger partial charge < -0.3 is 0 Å². The molecule has 0 saturated carbocycles. The Bertz CT molecular complexity index is 682. The SMILES string of the molecule is CC1=Cc2c(C(Cl)(Cl)c3ccccc3)ccc(C)c2[CH]1. The molecule has 3 rings (SSSR count). The van der Waals surface area contributed by atoms with Crippen molar-refractivity contribution in [1.29, 1.82) is 0 Å². The largest absolute Gasteiger partial charge is 0.168 e. The third kappa shape index (κ3) is 2.17. The topological polar surface area (TPSA) is 0 Å². The molecule has 101 valence electrons. The Kier molecular flexibility index (Phi) is 3.40. The Hall–Kier alpha value is -1.24. The van der Waals surface area contributed by atoms with Crippen LogP contribution in [0.1, 0.15) is 34.7 Å². The lowest BCUT2D eigenvalue weighted by Crippen LogP contribution is -2.14. The van der Waals surface area contributed by atoms with E-state index in [-0.39, 0.29) is 0 Å². The van der Waals surface area contributed by atoms with Crippen LogP contribution in [0.3, 0.4) is 0 Å². The van der Waals surface area contributed by atoms with Crippen LogP contribution in [0.4, 0.5) is 0 Å². The Morgan fingerprint density at radius 2 is 1.55 bits per heavy atom. The first-order valence-electron chi connectivity index (χ1n) is 6.60. The van der Waals surface area contributed by atoms with Gasteiger partial charge in [-0.1, -0.05) is 77.3 Å². The fraction of sp³-hybridized carbons (Fsp3) is 0.167. The van der Waals surface area contributed by atoms with Crippen molar-refractivity contribution < 1.29 is 0 Å². The third-order valence-electron chi connectivity index (χ3n) is 3.72. The zero-order valence-corrected chi connectivity index (χ0v) is 13.0. The van der Waals surface area contributed by atoms with Crippen molar-refractivity contribution >= 4 is 29.3 Å². The fourth-order valence-electron chi connectivity index (χ4n) is 2.67. The Balaban J connectivity index is 2.19. The molecule has 0 atom stereocenters. The number of aryl methyl sites for hydroxylation is 1. The van der Waals surface area contributed by atoms with Gasteiger partial charge in [0.25, 0.3) is 0 Å². The van der Waals surface area contributed by atoms with Crippen LogP contribution < -0.4 is 0 Å². The van der Waals surface area contributed by atoms with Crippen LogP contribution in [-0.4, -0.2) is 0 Å². The second-order valence-corrected chi connectivity index (χ2v) is 6.56. The summed E-state index contributed by atoms with van der Waals surface area (Å²) in [5.41, 5.74) is 6.67. The number of benzene rings is 2. The van der Waals surface area contributed by atoms with Gasteiger partial charge in [-0.2, -0.15) is 0 Å². The van der Waals surface area contributed by atoms with Crippen LogP contribution in [0.25, 0.3) is 6.08 Å². The maximum absolute atomic E-state index is 6.69. The zero-order valence-electron chi connectivity index (χ0n) is 11.5. The second kappa shape index (κ2) is 4.95. The fourth-order valence-corrected chi connectivity index (χ4v) is 3.25. The molecule has 1 aliphatic carbocycles. The lowest BCUT2D eigenvalue weighted by atomic mass is 9.93. The van der Waals surface area contributed by atoms with E-state index in [2.05, 4.69) is 32.4 Å². The van der Waals surface area contributed by atoms with Crippen molar-refractivity contribution in [2.24, 2.45) is 0 Å². The monoisotopic (exact) mass is 301 g/mol. The van der Waals surface area contributed by atoms with Crippen molar-refractivity contribution in [1.82, 2.24) is 0 Å². The van der Waals surface area contributed by atoms with E-state index >= 15 is 0 Å². The predicted molar refractivity (Wildman–Crippen MR) is 87.2 cm³/mol. The second-order valence-electron chi connectivity index (χ2n) is 5.23. The molecule has 0 unspecified atom stereocenters. The highest BCUT2D eigenvalue weighted by atomic mass is 35.5. The molecule has 1 radical (unpaired) electrons. The van der Waals surface area contributed by atoms with Gasteiger partial charge in [-0.15, -0.1) is 0 Å². The number of allylic oxidation sites excluding steroid dienone is 1. The third-order valence-corrected chi connectivity index (χ3v) is 4.57. The van der Waals surface area contributed by atoms with E-state index in [1.54, 1.807) is 0 Å². The molecule has 0 N–H and O–H groups in total. The highest BCUT2D eigenvalue weighted by Crippen LogP contribution is 2.46. The van der Waals surface area contributed by atoms with E-state index in [0.717, 1.165) is 16.7 Å². The summed E-state index contributed by atoms with van der Waals surface area (Å²) in [5.74, 6) is 0. The van der Waals surface area contributed by atoms with Gasteiger partial charge in [-0.05, 0) is 41.7 Å². The van der Waals surface area contributed by atoms with E-state index < -0.39 is 4.33 Å². The Labute approximate surface area is 130 Å². The van der Waals surface area contributed by atoms with Crippen molar-refractivity contribution in [2.75, 3.05) is 0 Å². The smallest absolute Gasteiger partial charge is 0.0909 e. The van der Waals surface area contributed by atoms with Crippen LogP contribution in [0.5, 0.6) is 0 Å². The van der Waals surface area contributed by atoms with Gasteiger partial charge in [-0.25, -0.2) is 0 Å². The average molecular weight is 302 g/mol. The number of halogens is 2. The molecule has 2 aromatic rings. The lowest BCUT2D eigenvalue weighted by Gasteiger charge is -2.24. The highest BCUT2D eigenvalue weighted by molar-refractivity contribution is 6.50. The van der Waals surface area contributed by atoms with Crippen LogP contribution in [0.2, 0.25) is 0 Å². The molecule has 0 saturated heterocycles. The van der Waals surface area contributed by atoms with Crippen molar-refractivity contribution in [3.8, 4) is 0 Å². The van der Waals surface area contributed by atoms with E-state index in [4.69, 9.17) is 23.2 Å². The van der Waals surface area contributed by atoms with Crippen LogP contribution >= 0.6 is 23.2 Å². The first-order chi connectivity index (χ1) is 9.50. The maximum Gasteiger partial charge on any atom is 0.168 e. The summed E-state index contributed by atoms with van der Waals surface area (Å²) in [6.07, 6.45) is 4.34. The van der Waals surface area contributed by atoms with Gasteiger partial charge in [0.2, 0.25) is 0 Å². The van der Waals surface area contributed by atoms with Crippen LogP contribution in [-0.2, 0) is 4.33 Å². The standard InChI is InChI=1S/C18H15Cl2/c1-12-10-15-13(2)8-9-17(16(15)11-12)18(19,20)14-6-4-3-5-7-14/h3-11H,1-2H3. The normalized spacial score (nSPS) is 14.1. The summed E-state index contributed by atoms with van der Waals surface area (Å²) in [5, 5.41) is 0. The first-order valence-corrected chi connectivity index (χ1v) is 7.36. The van der Waals surface area contributed by atoms with Gasteiger partial charge in [0.1, 0.15) is 0 Å². The van der Waals surface area contributed by atoms with Crippen molar-refractivity contribution in [3.63, 3.8) is 0 Å². The highest BCUT2D eigenvalue weighted by Gasteiger charge is 2.33. The minimum atomic E-state index is -1.03. The molecule has 0 amide bonds. The molecule has 0 nitrogen and oxygen atoms in total. The number of hydrogen-bond donors (Lipinski definition) is 0. The number of alkyl halides is 2. The summed E-state index contributed by atoms with van der Waals surface area (Å²) in [7, 11) is 0. The number of hydrogen-bond acceptors (Lipinski definition) is 0. The van der Waals surface area contributed by atoms with Crippen molar-refractivity contribution in [3.05, 3.63) is 82.3 Å². The Morgan fingerprint density at radius 1 is 0.850 bits per heavy atom. The Morgan fingerprint density at radius 3 is 2.25 bits per heavy atom. The molecule has 0 spiro atoms. The number of rotatable bonds is 2. The quantitative estimate of drug-likeness (QED) is 0.629. The minimum absolute atomic E-state index is 0.896. The van der Waals surface area contributed by atoms with Crippen LogP contribution in [0, 0.1) is 13.3 Å². The minimum Gasteiger partial charge on any atom is -0.0909 e. The molecule has 1 aliphatic rings. The zero-order chi connectivity index (χ0) is 14.3. The molecular weight excluding hydrogens is 287 g/mol. The summed E-state index contributed by atoms with van der Waals surface area (Å²) in [6.45, 7) is 4.20. The summed E-state index contributed by atoms with van der Waals surface area (Å²) < 4.78 is -1.03. The van der Waals surface area contributed by atoms with Gasteiger partial charge in [0, 0.05) is 6.42 Å².